The van der Waals surface area contributed by atoms with E-state index in [9.17, 15) is 18.0 Å². The van der Waals surface area contributed by atoms with Crippen molar-refractivity contribution < 1.29 is 18.0 Å². The fraction of sp³-hybridized carbons (Fsp3) is 0.481. The third-order valence-corrected chi connectivity index (χ3v) is 7.53. The minimum Gasteiger partial charge on any atom is -0.350 e. The number of halogens is 1. The molecule has 2 amide bonds. The van der Waals surface area contributed by atoms with E-state index in [-0.39, 0.29) is 31.3 Å². The van der Waals surface area contributed by atoms with E-state index in [1.165, 1.54) is 10.6 Å². The Morgan fingerprint density at radius 1 is 1.06 bits per heavy atom. The summed E-state index contributed by atoms with van der Waals surface area (Å²) in [6.45, 7) is 11.7. The van der Waals surface area contributed by atoms with Crippen molar-refractivity contribution >= 4 is 43.5 Å². The molecule has 36 heavy (non-hydrogen) atoms. The molecule has 0 aliphatic heterocycles. The summed E-state index contributed by atoms with van der Waals surface area (Å²) < 4.78 is 27.2. The molecule has 0 fully saturated rings. The highest BCUT2D eigenvalue weighted by Crippen LogP contribution is 2.22. The lowest BCUT2D eigenvalue weighted by molar-refractivity contribution is -0.141. The first-order valence-corrected chi connectivity index (χ1v) is 14.6. The molecule has 0 saturated heterocycles. The Morgan fingerprint density at radius 3 is 2.28 bits per heavy atom. The van der Waals surface area contributed by atoms with Crippen LogP contribution in [0.5, 0.6) is 0 Å². The van der Waals surface area contributed by atoms with Gasteiger partial charge in [-0.3, -0.25) is 13.9 Å². The van der Waals surface area contributed by atoms with E-state index in [4.69, 9.17) is 0 Å². The maximum absolute atomic E-state index is 13.4. The van der Waals surface area contributed by atoms with Crippen molar-refractivity contribution in [2.45, 2.75) is 72.5 Å². The van der Waals surface area contributed by atoms with Crippen LogP contribution in [0.1, 0.15) is 57.2 Å². The third-order valence-electron chi connectivity index (χ3n) is 5.84. The van der Waals surface area contributed by atoms with Crippen LogP contribution in [-0.4, -0.2) is 49.5 Å². The van der Waals surface area contributed by atoms with E-state index >= 15 is 0 Å². The van der Waals surface area contributed by atoms with Gasteiger partial charge < -0.3 is 10.2 Å². The van der Waals surface area contributed by atoms with E-state index in [2.05, 4.69) is 21.2 Å². The van der Waals surface area contributed by atoms with Crippen LogP contribution in [0.4, 0.5) is 5.69 Å². The largest absolute Gasteiger partial charge is 0.350 e. The average Bonchev–Trinajstić information content (AvgIpc) is 2.74. The van der Waals surface area contributed by atoms with Crippen molar-refractivity contribution in [3.05, 3.63) is 63.6 Å². The lowest BCUT2D eigenvalue weighted by atomic mass is 10.1. The fourth-order valence-corrected chi connectivity index (χ4v) is 5.18. The van der Waals surface area contributed by atoms with Gasteiger partial charge in [0.05, 0.1) is 11.9 Å². The summed E-state index contributed by atoms with van der Waals surface area (Å²) in [5.74, 6) is -0.446. The Hall–Kier alpha value is -2.39. The molecule has 0 bridgehead atoms. The Balaban J connectivity index is 2.21. The van der Waals surface area contributed by atoms with Gasteiger partial charge in [0.25, 0.3) is 0 Å². The molecular weight excluding hydrogens is 542 g/mol. The summed E-state index contributed by atoms with van der Waals surface area (Å²) in [5.41, 5.74) is 3.11. The topological polar surface area (TPSA) is 86.8 Å². The molecule has 2 rings (SSSR count). The van der Waals surface area contributed by atoms with Crippen LogP contribution >= 0.6 is 15.9 Å². The van der Waals surface area contributed by atoms with Crippen LogP contribution < -0.4 is 9.62 Å². The molecule has 7 nitrogen and oxygen atoms in total. The first-order chi connectivity index (χ1) is 16.6. The molecule has 1 N–H and O–H groups in total. The quantitative estimate of drug-likeness (QED) is 0.431. The molecule has 0 radical (unpaired) electrons. The molecule has 198 valence electrons. The van der Waals surface area contributed by atoms with Crippen molar-refractivity contribution in [3.8, 4) is 0 Å². The Morgan fingerprint density at radius 2 is 1.72 bits per heavy atom. The van der Waals surface area contributed by atoms with Gasteiger partial charge in [0, 0.05) is 29.5 Å². The minimum absolute atomic E-state index is 0.109. The molecule has 1 atom stereocenters. The normalized spacial score (nSPS) is 12.7. The summed E-state index contributed by atoms with van der Waals surface area (Å²) >= 11 is 3.46. The number of nitrogens with zero attached hydrogens (tertiary/aromatic N) is 2. The molecule has 2 aromatic rings. The summed E-state index contributed by atoms with van der Waals surface area (Å²) in [6, 6.07) is 12.4. The van der Waals surface area contributed by atoms with Crippen molar-refractivity contribution in [3.63, 3.8) is 0 Å². The van der Waals surface area contributed by atoms with Gasteiger partial charge in [0.1, 0.15) is 6.04 Å². The molecular formula is C27H38BrN3O4S. The number of hydrogen-bond donors (Lipinski definition) is 1. The molecule has 0 aliphatic carbocycles. The van der Waals surface area contributed by atoms with Crippen molar-refractivity contribution in [2.75, 3.05) is 17.1 Å². The van der Waals surface area contributed by atoms with Gasteiger partial charge in [-0.05, 0) is 88.9 Å². The van der Waals surface area contributed by atoms with Gasteiger partial charge in [-0.25, -0.2) is 8.42 Å². The van der Waals surface area contributed by atoms with E-state index in [1.54, 1.807) is 17.9 Å². The maximum Gasteiger partial charge on any atom is 0.242 e. The zero-order valence-corrected chi connectivity index (χ0v) is 24.7. The van der Waals surface area contributed by atoms with E-state index in [0.29, 0.717) is 12.1 Å². The monoisotopic (exact) mass is 579 g/mol. The lowest BCUT2D eigenvalue weighted by Crippen LogP contribution is -2.52. The second-order valence-corrected chi connectivity index (χ2v) is 13.1. The molecule has 2 aromatic carbocycles. The molecule has 0 spiro atoms. The lowest BCUT2D eigenvalue weighted by Gasteiger charge is -2.32. The Bertz CT molecular complexity index is 1190. The summed E-state index contributed by atoms with van der Waals surface area (Å²) in [4.78, 5) is 27.9. The van der Waals surface area contributed by atoms with Gasteiger partial charge in [-0.2, -0.15) is 0 Å². The van der Waals surface area contributed by atoms with Gasteiger partial charge in [0.15, 0.2) is 0 Å². The maximum atomic E-state index is 13.4. The number of nitrogens with one attached hydrogen (secondary N) is 1. The third kappa shape index (κ3) is 8.92. The number of benzene rings is 2. The number of sulfonamides is 1. The number of anilines is 1. The summed E-state index contributed by atoms with van der Waals surface area (Å²) in [6.07, 6.45) is 1.60. The SMILES string of the molecule is Cc1ccc(N(CCCC(=O)N(Cc2cccc(Br)c2)[C@@H](C)C(=O)NC(C)(C)C)S(C)(=O)=O)cc1C. The average molecular weight is 581 g/mol. The molecule has 0 unspecified atom stereocenters. The second-order valence-electron chi connectivity index (χ2n) is 10.3. The number of hydrogen-bond acceptors (Lipinski definition) is 4. The van der Waals surface area contributed by atoms with Gasteiger partial charge >= 0.3 is 0 Å². The Kier molecular flexibility index (Phi) is 10.1. The molecule has 0 heterocycles. The summed E-state index contributed by atoms with van der Waals surface area (Å²) in [7, 11) is -3.53. The zero-order valence-electron chi connectivity index (χ0n) is 22.3. The van der Waals surface area contributed by atoms with Crippen LogP contribution in [0.25, 0.3) is 0 Å². The van der Waals surface area contributed by atoms with Crippen LogP contribution in [0.2, 0.25) is 0 Å². The van der Waals surface area contributed by atoms with E-state index in [1.807, 2.05) is 71.0 Å². The van der Waals surface area contributed by atoms with Gasteiger partial charge in [-0.15, -0.1) is 0 Å². The molecule has 9 heteroatoms. The van der Waals surface area contributed by atoms with Crippen LogP contribution in [0.3, 0.4) is 0 Å². The summed E-state index contributed by atoms with van der Waals surface area (Å²) in [5, 5.41) is 2.95. The second kappa shape index (κ2) is 12.2. The van der Waals surface area contributed by atoms with Crippen LogP contribution in [0.15, 0.2) is 46.9 Å². The predicted molar refractivity (Wildman–Crippen MR) is 149 cm³/mol. The molecule has 0 saturated carbocycles. The standard InChI is InChI=1S/C27H38BrN3O4S/c1-19-13-14-24(16-20(19)2)31(36(7,34)35)15-9-12-25(32)30(18-22-10-8-11-23(28)17-22)21(3)26(33)29-27(4,5)6/h8,10-11,13-14,16-17,21H,9,12,15,18H2,1-7H3,(H,29,33)/t21-/m0/s1. The zero-order chi connectivity index (χ0) is 27.3. The van der Waals surface area contributed by atoms with Crippen molar-refractivity contribution in [2.24, 2.45) is 0 Å². The number of rotatable bonds is 10. The smallest absolute Gasteiger partial charge is 0.242 e. The minimum atomic E-state index is -3.53. The van der Waals surface area contributed by atoms with E-state index in [0.717, 1.165) is 21.2 Å². The highest BCUT2D eigenvalue weighted by Gasteiger charge is 2.28. The molecule has 0 aromatic heterocycles. The van der Waals surface area contributed by atoms with Gasteiger partial charge in [0.2, 0.25) is 21.8 Å². The van der Waals surface area contributed by atoms with Gasteiger partial charge in [-0.1, -0.05) is 34.1 Å². The van der Waals surface area contributed by atoms with Crippen molar-refractivity contribution in [1.29, 1.82) is 0 Å². The number of aryl methyl sites for hydroxylation is 2. The molecule has 0 aliphatic rings. The first-order valence-electron chi connectivity index (χ1n) is 12.0. The predicted octanol–water partition coefficient (Wildman–Crippen LogP) is 4.94. The highest BCUT2D eigenvalue weighted by atomic mass is 79.9. The number of carbonyl (C=O) groups excluding carboxylic acids is 2. The first kappa shape index (κ1) is 29.8. The van der Waals surface area contributed by atoms with Crippen LogP contribution in [-0.2, 0) is 26.2 Å². The number of amides is 2. The fourth-order valence-electron chi connectivity index (χ4n) is 3.77. The van der Waals surface area contributed by atoms with Crippen LogP contribution in [0, 0.1) is 13.8 Å². The number of carbonyl (C=O) groups is 2. The highest BCUT2D eigenvalue weighted by molar-refractivity contribution is 9.10. The van der Waals surface area contributed by atoms with Crippen molar-refractivity contribution in [1.82, 2.24) is 10.2 Å². The Labute approximate surface area is 224 Å². The van der Waals surface area contributed by atoms with E-state index < -0.39 is 21.6 Å².